The van der Waals surface area contributed by atoms with E-state index in [1.807, 2.05) is 6.20 Å². The highest BCUT2D eigenvalue weighted by Crippen LogP contribution is 1.98. The van der Waals surface area contributed by atoms with Gasteiger partial charge >= 0.3 is 0 Å². The van der Waals surface area contributed by atoms with Crippen molar-refractivity contribution in [1.82, 2.24) is 15.0 Å². The van der Waals surface area contributed by atoms with Crippen LogP contribution < -0.4 is 0 Å². The number of aryl methyl sites for hydroxylation is 1. The Labute approximate surface area is 94.3 Å². The maximum Gasteiger partial charge on any atom is 0.0974 e. The molecule has 0 aliphatic heterocycles. The third-order valence-electron chi connectivity index (χ3n) is 1.83. The quantitative estimate of drug-likeness (QED) is 0.498. The standard InChI is InChI=1S/C9H16ClN3O2/c1-14-5-6-15-4-2-3-13-8-9(7-10)11-12-13/h8H,2-7H2,1H3. The average Bonchev–Trinajstić information content (AvgIpc) is 2.71. The predicted molar refractivity (Wildman–Crippen MR) is 56.9 cm³/mol. The zero-order valence-electron chi connectivity index (χ0n) is 8.86. The highest BCUT2D eigenvalue weighted by atomic mass is 35.5. The van der Waals surface area contributed by atoms with Crippen molar-refractivity contribution in [3.63, 3.8) is 0 Å². The van der Waals surface area contributed by atoms with Crippen LogP contribution in [0.4, 0.5) is 0 Å². The molecule has 0 fully saturated rings. The van der Waals surface area contributed by atoms with E-state index in [-0.39, 0.29) is 0 Å². The summed E-state index contributed by atoms with van der Waals surface area (Å²) in [5, 5.41) is 7.81. The summed E-state index contributed by atoms with van der Waals surface area (Å²) < 4.78 is 11.9. The van der Waals surface area contributed by atoms with Gasteiger partial charge in [0.2, 0.25) is 0 Å². The molecule has 0 N–H and O–H groups in total. The van der Waals surface area contributed by atoms with Crippen LogP contribution in [0.15, 0.2) is 6.20 Å². The lowest BCUT2D eigenvalue weighted by molar-refractivity contribution is 0.0676. The minimum Gasteiger partial charge on any atom is -0.382 e. The van der Waals surface area contributed by atoms with Crippen molar-refractivity contribution in [2.75, 3.05) is 26.9 Å². The molecule has 0 saturated heterocycles. The molecule has 0 atom stereocenters. The summed E-state index contributed by atoms with van der Waals surface area (Å²) in [4.78, 5) is 0. The van der Waals surface area contributed by atoms with Crippen molar-refractivity contribution in [3.05, 3.63) is 11.9 Å². The molecule has 0 bridgehead atoms. The molecule has 6 heteroatoms. The summed E-state index contributed by atoms with van der Waals surface area (Å²) in [6.45, 7) is 2.79. The lowest BCUT2D eigenvalue weighted by Crippen LogP contribution is -2.06. The molecule has 0 saturated carbocycles. The minimum absolute atomic E-state index is 0.407. The molecule has 0 spiro atoms. The Kier molecular flexibility index (Phi) is 6.31. The molecule has 0 unspecified atom stereocenters. The average molecular weight is 234 g/mol. The number of halogens is 1. The van der Waals surface area contributed by atoms with Crippen molar-refractivity contribution < 1.29 is 9.47 Å². The fourth-order valence-corrected chi connectivity index (χ4v) is 1.20. The summed E-state index contributed by atoms with van der Waals surface area (Å²) in [6, 6.07) is 0. The smallest absolute Gasteiger partial charge is 0.0974 e. The van der Waals surface area contributed by atoms with Gasteiger partial charge in [-0.3, -0.25) is 4.68 Å². The van der Waals surface area contributed by atoms with E-state index in [4.69, 9.17) is 21.1 Å². The summed E-state index contributed by atoms with van der Waals surface area (Å²) in [7, 11) is 1.66. The minimum atomic E-state index is 0.407. The molecule has 1 aromatic rings. The topological polar surface area (TPSA) is 49.2 Å². The number of aromatic nitrogens is 3. The molecule has 0 aliphatic rings. The first-order valence-electron chi connectivity index (χ1n) is 4.88. The molecule has 0 radical (unpaired) electrons. The van der Waals surface area contributed by atoms with E-state index >= 15 is 0 Å². The number of hydrogen-bond donors (Lipinski definition) is 0. The first-order valence-corrected chi connectivity index (χ1v) is 5.42. The summed E-state index contributed by atoms with van der Waals surface area (Å²) in [5.41, 5.74) is 0.803. The lowest BCUT2D eigenvalue weighted by atomic mass is 10.4. The Balaban J connectivity index is 2.04. The SMILES string of the molecule is COCCOCCCn1cc(CCl)nn1. The van der Waals surface area contributed by atoms with Gasteiger partial charge in [0.15, 0.2) is 0 Å². The fraction of sp³-hybridized carbons (Fsp3) is 0.778. The first kappa shape index (κ1) is 12.4. The van der Waals surface area contributed by atoms with Crippen LogP contribution in [0.1, 0.15) is 12.1 Å². The Morgan fingerprint density at radius 2 is 2.27 bits per heavy atom. The van der Waals surface area contributed by atoms with Crippen LogP contribution in [-0.4, -0.2) is 41.9 Å². The highest BCUT2D eigenvalue weighted by molar-refractivity contribution is 6.16. The van der Waals surface area contributed by atoms with Crippen molar-refractivity contribution in [1.29, 1.82) is 0 Å². The van der Waals surface area contributed by atoms with Gasteiger partial charge in [0.05, 0.1) is 24.8 Å². The van der Waals surface area contributed by atoms with Crippen LogP contribution in [0.25, 0.3) is 0 Å². The van der Waals surface area contributed by atoms with Gasteiger partial charge in [-0.2, -0.15) is 0 Å². The second kappa shape index (κ2) is 7.62. The van der Waals surface area contributed by atoms with Crippen molar-refractivity contribution in [2.24, 2.45) is 0 Å². The van der Waals surface area contributed by atoms with Crippen molar-refractivity contribution in [2.45, 2.75) is 18.8 Å². The summed E-state index contributed by atoms with van der Waals surface area (Å²) in [5.74, 6) is 0.407. The van der Waals surface area contributed by atoms with Crippen LogP contribution in [0.5, 0.6) is 0 Å². The van der Waals surface area contributed by atoms with E-state index in [0.717, 1.165) is 18.7 Å². The Bertz CT molecular complexity index is 268. The van der Waals surface area contributed by atoms with Gasteiger partial charge in [0.1, 0.15) is 0 Å². The van der Waals surface area contributed by atoms with E-state index in [0.29, 0.717) is 25.7 Å². The Morgan fingerprint density at radius 1 is 1.40 bits per heavy atom. The van der Waals surface area contributed by atoms with Gasteiger partial charge < -0.3 is 9.47 Å². The molecule has 0 aliphatic carbocycles. The van der Waals surface area contributed by atoms with E-state index in [1.165, 1.54) is 0 Å². The van der Waals surface area contributed by atoms with Crippen LogP contribution in [0.2, 0.25) is 0 Å². The lowest BCUT2D eigenvalue weighted by Gasteiger charge is -2.02. The van der Waals surface area contributed by atoms with Crippen LogP contribution in [-0.2, 0) is 21.9 Å². The zero-order chi connectivity index (χ0) is 10.9. The number of alkyl halides is 1. The largest absolute Gasteiger partial charge is 0.382 e. The Hall–Kier alpha value is -0.650. The summed E-state index contributed by atoms with van der Waals surface area (Å²) >= 11 is 5.60. The number of rotatable bonds is 8. The molecule has 0 amide bonds. The van der Waals surface area contributed by atoms with Gasteiger partial charge in [-0.05, 0) is 6.42 Å². The van der Waals surface area contributed by atoms with Crippen LogP contribution in [0.3, 0.4) is 0 Å². The molecule has 15 heavy (non-hydrogen) atoms. The molecular weight excluding hydrogens is 218 g/mol. The van der Waals surface area contributed by atoms with Gasteiger partial charge in [-0.15, -0.1) is 16.7 Å². The van der Waals surface area contributed by atoms with E-state index in [1.54, 1.807) is 11.8 Å². The van der Waals surface area contributed by atoms with E-state index in [9.17, 15) is 0 Å². The molecular formula is C9H16ClN3O2. The molecule has 5 nitrogen and oxygen atoms in total. The number of ether oxygens (including phenoxy) is 2. The zero-order valence-corrected chi connectivity index (χ0v) is 9.61. The molecule has 1 heterocycles. The highest BCUT2D eigenvalue weighted by Gasteiger charge is 1.98. The van der Waals surface area contributed by atoms with Crippen molar-refractivity contribution >= 4 is 11.6 Å². The molecule has 1 aromatic heterocycles. The second-order valence-electron chi connectivity index (χ2n) is 3.07. The second-order valence-corrected chi connectivity index (χ2v) is 3.33. The van der Waals surface area contributed by atoms with E-state index < -0.39 is 0 Å². The van der Waals surface area contributed by atoms with Gasteiger partial charge in [-0.25, -0.2) is 0 Å². The maximum atomic E-state index is 5.60. The van der Waals surface area contributed by atoms with Gasteiger partial charge in [0, 0.05) is 26.5 Å². The fourth-order valence-electron chi connectivity index (χ4n) is 1.08. The monoisotopic (exact) mass is 233 g/mol. The van der Waals surface area contributed by atoms with Crippen LogP contribution >= 0.6 is 11.6 Å². The number of methoxy groups -OCH3 is 1. The molecule has 1 rings (SSSR count). The van der Waals surface area contributed by atoms with Gasteiger partial charge in [0.25, 0.3) is 0 Å². The normalized spacial score (nSPS) is 10.8. The predicted octanol–water partition coefficient (Wildman–Crippen LogP) is 1.07. The van der Waals surface area contributed by atoms with Crippen LogP contribution in [0, 0.1) is 0 Å². The van der Waals surface area contributed by atoms with Crippen molar-refractivity contribution in [3.8, 4) is 0 Å². The Morgan fingerprint density at radius 3 is 2.93 bits per heavy atom. The number of hydrogen-bond acceptors (Lipinski definition) is 4. The van der Waals surface area contributed by atoms with E-state index in [2.05, 4.69) is 10.3 Å². The maximum absolute atomic E-state index is 5.60. The van der Waals surface area contributed by atoms with Gasteiger partial charge in [-0.1, -0.05) is 5.21 Å². The first-order chi connectivity index (χ1) is 7.36. The number of nitrogens with zero attached hydrogens (tertiary/aromatic N) is 3. The summed E-state index contributed by atoms with van der Waals surface area (Å²) in [6.07, 6.45) is 2.76. The third-order valence-corrected chi connectivity index (χ3v) is 2.10. The molecule has 0 aromatic carbocycles. The molecule has 86 valence electrons. The third kappa shape index (κ3) is 5.11.